The summed E-state index contributed by atoms with van der Waals surface area (Å²) in [6.07, 6.45) is 0. The number of nitrogens with zero attached hydrogens (tertiary/aromatic N) is 1. The summed E-state index contributed by atoms with van der Waals surface area (Å²) in [6, 6.07) is 13.2. The van der Waals surface area contributed by atoms with Crippen LogP contribution in [0.1, 0.15) is 17.2 Å². The van der Waals surface area contributed by atoms with Crippen molar-refractivity contribution in [2.24, 2.45) is 0 Å². The first kappa shape index (κ1) is 18.4. The van der Waals surface area contributed by atoms with Gasteiger partial charge in [-0.05, 0) is 35.4 Å². The van der Waals surface area contributed by atoms with Crippen LogP contribution in [0.5, 0.6) is 5.75 Å². The van der Waals surface area contributed by atoms with Gasteiger partial charge in [0.1, 0.15) is 17.6 Å². The maximum atomic E-state index is 13.7. The predicted molar refractivity (Wildman–Crippen MR) is 96.4 cm³/mol. The number of carbonyl (C=O) groups excluding carboxylic acids is 1. The zero-order valence-corrected chi connectivity index (χ0v) is 14.8. The molecule has 0 spiro atoms. The maximum Gasteiger partial charge on any atom is 0.242 e. The van der Waals surface area contributed by atoms with Crippen LogP contribution in [0.3, 0.4) is 0 Å². The number of hydrogen-bond acceptors (Lipinski definition) is 4. The Morgan fingerprint density at radius 1 is 1.23 bits per heavy atom. The quantitative estimate of drug-likeness (QED) is 0.862. The Labute approximate surface area is 152 Å². The summed E-state index contributed by atoms with van der Waals surface area (Å²) in [4.78, 5) is 15.0. The molecule has 1 heterocycles. The predicted octanol–water partition coefficient (Wildman–Crippen LogP) is 2.52. The van der Waals surface area contributed by atoms with Crippen LogP contribution in [0.25, 0.3) is 0 Å². The summed E-state index contributed by atoms with van der Waals surface area (Å²) >= 11 is 0. The molecule has 1 aliphatic heterocycles. The highest BCUT2D eigenvalue weighted by Crippen LogP contribution is 2.23. The second-order valence-corrected chi connectivity index (χ2v) is 6.18. The van der Waals surface area contributed by atoms with E-state index in [1.165, 1.54) is 12.1 Å². The van der Waals surface area contributed by atoms with Crippen molar-refractivity contribution in [3.05, 3.63) is 65.5 Å². The van der Waals surface area contributed by atoms with E-state index in [2.05, 4.69) is 5.32 Å². The minimum atomic E-state index is -0.541. The van der Waals surface area contributed by atoms with Gasteiger partial charge < -0.3 is 14.8 Å². The molecule has 2 aromatic rings. The number of halogens is 1. The Bertz CT molecular complexity index is 747. The first-order valence-corrected chi connectivity index (χ1v) is 8.65. The topological polar surface area (TPSA) is 50.8 Å². The van der Waals surface area contributed by atoms with Crippen LogP contribution in [0.2, 0.25) is 0 Å². The third-order valence-corrected chi connectivity index (χ3v) is 4.42. The molecule has 1 fully saturated rings. The van der Waals surface area contributed by atoms with E-state index in [-0.39, 0.29) is 11.7 Å². The van der Waals surface area contributed by atoms with Gasteiger partial charge in [-0.25, -0.2) is 4.39 Å². The van der Waals surface area contributed by atoms with Crippen LogP contribution in [0.4, 0.5) is 4.39 Å². The van der Waals surface area contributed by atoms with Crippen LogP contribution >= 0.6 is 0 Å². The van der Waals surface area contributed by atoms with Gasteiger partial charge in [0.2, 0.25) is 5.91 Å². The minimum absolute atomic E-state index is 0.152. The van der Waals surface area contributed by atoms with Crippen molar-refractivity contribution in [1.29, 1.82) is 0 Å². The summed E-state index contributed by atoms with van der Waals surface area (Å²) in [6.45, 7) is 2.78. The second-order valence-electron chi connectivity index (χ2n) is 6.18. The van der Waals surface area contributed by atoms with E-state index >= 15 is 0 Å². The third-order valence-electron chi connectivity index (χ3n) is 4.42. The number of nitrogens with one attached hydrogen (secondary N) is 1. The number of amides is 1. The van der Waals surface area contributed by atoms with Crippen molar-refractivity contribution >= 4 is 5.91 Å². The van der Waals surface area contributed by atoms with Crippen molar-refractivity contribution in [2.45, 2.75) is 12.6 Å². The normalized spacial score (nSPS) is 16.1. The van der Waals surface area contributed by atoms with Crippen molar-refractivity contribution < 1.29 is 18.7 Å². The summed E-state index contributed by atoms with van der Waals surface area (Å²) in [5, 5.41) is 2.97. The number of rotatable bonds is 6. The summed E-state index contributed by atoms with van der Waals surface area (Å²) < 4.78 is 24.3. The molecule has 6 heteroatoms. The van der Waals surface area contributed by atoms with Gasteiger partial charge in [0.05, 0.1) is 20.3 Å². The highest BCUT2D eigenvalue weighted by Gasteiger charge is 2.29. The fourth-order valence-corrected chi connectivity index (χ4v) is 3.11. The number of hydrogen-bond donors (Lipinski definition) is 1. The fraction of sp³-hybridized carbons (Fsp3) is 0.350. The molecule has 1 N–H and O–H groups in total. The second kappa shape index (κ2) is 8.78. The molecule has 0 aromatic heterocycles. The van der Waals surface area contributed by atoms with E-state index in [0.717, 1.165) is 11.3 Å². The fourth-order valence-electron chi connectivity index (χ4n) is 3.11. The van der Waals surface area contributed by atoms with Gasteiger partial charge in [0.15, 0.2) is 0 Å². The largest absolute Gasteiger partial charge is 0.497 e. The molecule has 1 atom stereocenters. The van der Waals surface area contributed by atoms with Crippen LogP contribution in [-0.4, -0.2) is 44.2 Å². The zero-order valence-electron chi connectivity index (χ0n) is 14.8. The molecule has 0 aliphatic carbocycles. The van der Waals surface area contributed by atoms with Gasteiger partial charge >= 0.3 is 0 Å². The van der Waals surface area contributed by atoms with E-state index in [4.69, 9.17) is 9.47 Å². The van der Waals surface area contributed by atoms with Gasteiger partial charge in [-0.3, -0.25) is 9.69 Å². The average Bonchev–Trinajstić information content (AvgIpc) is 2.68. The Morgan fingerprint density at radius 2 is 2.00 bits per heavy atom. The monoisotopic (exact) mass is 358 g/mol. The first-order valence-electron chi connectivity index (χ1n) is 8.65. The number of morpholine rings is 1. The molecule has 2 aromatic carbocycles. The van der Waals surface area contributed by atoms with Crippen LogP contribution < -0.4 is 10.1 Å². The lowest BCUT2D eigenvalue weighted by atomic mass is 10.0. The van der Waals surface area contributed by atoms with Crippen molar-refractivity contribution in [3.63, 3.8) is 0 Å². The highest BCUT2D eigenvalue weighted by molar-refractivity contribution is 5.83. The number of methoxy groups -OCH3 is 1. The molecule has 0 unspecified atom stereocenters. The Hall–Kier alpha value is -2.44. The molecule has 3 rings (SSSR count). The SMILES string of the molecule is COc1cccc(CNC(=O)[C@@H](c2cccc(F)c2)N2CCOCC2)c1. The highest BCUT2D eigenvalue weighted by atomic mass is 19.1. The molecule has 1 amide bonds. The van der Waals surface area contributed by atoms with Crippen LogP contribution in [0, 0.1) is 5.82 Å². The smallest absolute Gasteiger partial charge is 0.242 e. The molecule has 1 aliphatic rings. The lowest BCUT2D eigenvalue weighted by Crippen LogP contribution is -2.45. The van der Waals surface area contributed by atoms with Crippen molar-refractivity contribution in [1.82, 2.24) is 10.2 Å². The van der Waals surface area contributed by atoms with Gasteiger partial charge in [0.25, 0.3) is 0 Å². The van der Waals surface area contributed by atoms with Gasteiger partial charge in [-0.2, -0.15) is 0 Å². The number of carbonyl (C=O) groups is 1. The minimum Gasteiger partial charge on any atom is -0.497 e. The van der Waals surface area contributed by atoms with Gasteiger partial charge in [-0.15, -0.1) is 0 Å². The lowest BCUT2D eigenvalue weighted by Gasteiger charge is -2.33. The van der Waals surface area contributed by atoms with E-state index in [1.807, 2.05) is 29.2 Å². The zero-order chi connectivity index (χ0) is 18.4. The van der Waals surface area contributed by atoms with Crippen molar-refractivity contribution in [3.8, 4) is 5.75 Å². The lowest BCUT2D eigenvalue weighted by molar-refractivity contribution is -0.128. The van der Waals surface area contributed by atoms with E-state index in [1.54, 1.807) is 19.2 Å². The van der Waals surface area contributed by atoms with E-state index in [0.29, 0.717) is 38.4 Å². The van der Waals surface area contributed by atoms with E-state index in [9.17, 15) is 9.18 Å². The molecule has 5 nitrogen and oxygen atoms in total. The van der Waals surface area contributed by atoms with Crippen LogP contribution in [0.15, 0.2) is 48.5 Å². The molecule has 0 bridgehead atoms. The Morgan fingerprint density at radius 3 is 2.73 bits per heavy atom. The standard InChI is InChI=1S/C20H23FN2O3/c1-25-18-7-2-4-15(12-18)14-22-20(24)19(23-8-10-26-11-9-23)16-5-3-6-17(21)13-16/h2-7,12-13,19H,8-11,14H2,1H3,(H,22,24)/t19-/m1/s1. The molecule has 138 valence electrons. The number of benzene rings is 2. The Balaban J connectivity index is 1.75. The molecular weight excluding hydrogens is 335 g/mol. The maximum absolute atomic E-state index is 13.7. The van der Waals surface area contributed by atoms with E-state index < -0.39 is 6.04 Å². The molecule has 1 saturated heterocycles. The Kier molecular flexibility index (Phi) is 6.20. The molecular formula is C20H23FN2O3. The third kappa shape index (κ3) is 4.59. The molecule has 26 heavy (non-hydrogen) atoms. The average molecular weight is 358 g/mol. The number of ether oxygens (including phenoxy) is 2. The summed E-state index contributed by atoms with van der Waals surface area (Å²) in [5.74, 6) is 0.244. The molecule has 0 radical (unpaired) electrons. The van der Waals surface area contributed by atoms with Crippen LogP contribution in [-0.2, 0) is 16.1 Å². The first-order chi connectivity index (χ1) is 12.7. The summed E-state index contributed by atoms with van der Waals surface area (Å²) in [7, 11) is 1.61. The van der Waals surface area contributed by atoms with Gasteiger partial charge in [-0.1, -0.05) is 24.3 Å². The van der Waals surface area contributed by atoms with Crippen molar-refractivity contribution in [2.75, 3.05) is 33.4 Å². The molecule has 0 saturated carbocycles. The summed E-state index contributed by atoms with van der Waals surface area (Å²) in [5.41, 5.74) is 1.59. The van der Waals surface area contributed by atoms with Gasteiger partial charge in [0, 0.05) is 19.6 Å².